The number of amides is 3. The molecule has 0 saturated carbocycles. The lowest BCUT2D eigenvalue weighted by Crippen LogP contribution is -2.57. The molecule has 1 heterocycles. The Hall–Kier alpha value is -3.07. The van der Waals surface area contributed by atoms with Gasteiger partial charge in [-0.05, 0) is 44.1 Å². The van der Waals surface area contributed by atoms with Gasteiger partial charge in [0.2, 0.25) is 17.7 Å². The predicted octanol–water partition coefficient (Wildman–Crippen LogP) is -2.36. The van der Waals surface area contributed by atoms with Gasteiger partial charge in [0.1, 0.15) is 18.1 Å². The van der Waals surface area contributed by atoms with Crippen molar-refractivity contribution in [2.75, 3.05) is 25.1 Å². The maximum absolute atomic E-state index is 13.3. The summed E-state index contributed by atoms with van der Waals surface area (Å²) in [6, 6.07) is -4.46. The van der Waals surface area contributed by atoms with Crippen LogP contribution < -0.4 is 27.8 Å². The summed E-state index contributed by atoms with van der Waals surface area (Å²) in [5.74, 6) is -4.00. The maximum atomic E-state index is 13.3. The number of carbonyl (C=O) groups is 5. The van der Waals surface area contributed by atoms with Gasteiger partial charge in [0.25, 0.3) is 0 Å². The third-order valence-corrected chi connectivity index (χ3v) is 6.00. The Kier molecular flexibility index (Phi) is 12.9. The van der Waals surface area contributed by atoms with E-state index < -0.39 is 60.2 Å². The molecule has 0 spiro atoms. The number of carboxylic acids is 2. The average molecular weight is 518 g/mol. The number of carboxylic acid groups (broad SMARTS) is 2. The molecule has 1 aliphatic heterocycles. The minimum atomic E-state index is -1.37. The zero-order valence-electron chi connectivity index (χ0n) is 19.6. The normalized spacial score (nSPS) is 17.7. The third-order valence-electron chi connectivity index (χ3n) is 5.35. The number of guanidine groups is 1. The van der Waals surface area contributed by atoms with Gasteiger partial charge in [-0.15, -0.1) is 0 Å². The molecule has 1 saturated heterocycles. The highest BCUT2D eigenvalue weighted by atomic mass is 32.2. The third kappa shape index (κ3) is 10.4. The second-order valence-corrected chi connectivity index (χ2v) is 9.07. The van der Waals surface area contributed by atoms with E-state index in [4.69, 9.17) is 22.3 Å². The summed E-state index contributed by atoms with van der Waals surface area (Å²) < 4.78 is 0. The molecule has 4 unspecified atom stereocenters. The Morgan fingerprint density at radius 1 is 1.11 bits per heavy atom. The molecular formula is C20H35N7O7S. The number of hydrogen-bond acceptors (Lipinski definition) is 8. The van der Waals surface area contributed by atoms with Crippen LogP contribution in [0.15, 0.2) is 4.99 Å². The highest BCUT2D eigenvalue weighted by Gasteiger charge is 2.39. The van der Waals surface area contributed by atoms with Crippen molar-refractivity contribution in [1.29, 1.82) is 0 Å². The number of aliphatic carboxylic acids is 2. The van der Waals surface area contributed by atoms with Gasteiger partial charge in [-0.2, -0.15) is 11.8 Å². The average Bonchev–Trinajstić information content (AvgIpc) is 3.27. The van der Waals surface area contributed by atoms with Gasteiger partial charge in [0, 0.05) is 13.1 Å². The van der Waals surface area contributed by atoms with Crippen LogP contribution in [-0.4, -0.2) is 100.0 Å². The molecule has 4 atom stereocenters. The van der Waals surface area contributed by atoms with E-state index >= 15 is 0 Å². The molecule has 35 heavy (non-hydrogen) atoms. The van der Waals surface area contributed by atoms with Crippen molar-refractivity contribution in [2.24, 2.45) is 22.2 Å². The summed E-state index contributed by atoms with van der Waals surface area (Å²) in [5, 5.41) is 23.2. The monoisotopic (exact) mass is 517 g/mol. The van der Waals surface area contributed by atoms with Crippen LogP contribution in [0.2, 0.25) is 0 Å². The van der Waals surface area contributed by atoms with E-state index in [1.165, 1.54) is 16.7 Å². The van der Waals surface area contributed by atoms with E-state index in [0.717, 1.165) is 0 Å². The van der Waals surface area contributed by atoms with Crippen molar-refractivity contribution in [3.8, 4) is 0 Å². The number of carbonyl (C=O) groups excluding carboxylic acids is 3. The summed E-state index contributed by atoms with van der Waals surface area (Å²) in [6.45, 7) is 0.420. The molecule has 10 N–H and O–H groups in total. The topological polar surface area (TPSA) is 244 Å². The van der Waals surface area contributed by atoms with E-state index in [-0.39, 0.29) is 31.9 Å². The molecule has 1 fully saturated rings. The second-order valence-electron chi connectivity index (χ2n) is 8.08. The number of hydrogen-bond donors (Lipinski definition) is 7. The molecule has 0 radical (unpaired) electrons. The zero-order chi connectivity index (χ0) is 26.5. The lowest BCUT2D eigenvalue weighted by molar-refractivity contribution is -0.145. The largest absolute Gasteiger partial charge is 0.481 e. The fraction of sp³-hybridized carbons (Fsp3) is 0.700. The van der Waals surface area contributed by atoms with Crippen LogP contribution in [0.4, 0.5) is 0 Å². The first-order valence-corrected chi connectivity index (χ1v) is 12.5. The highest BCUT2D eigenvalue weighted by Crippen LogP contribution is 2.20. The first kappa shape index (κ1) is 30.0. The van der Waals surface area contributed by atoms with Crippen LogP contribution in [-0.2, 0) is 24.0 Å². The first-order valence-electron chi connectivity index (χ1n) is 11.1. The summed E-state index contributed by atoms with van der Waals surface area (Å²) in [7, 11) is 0. The summed E-state index contributed by atoms with van der Waals surface area (Å²) >= 11 is 1.45. The van der Waals surface area contributed by atoms with Gasteiger partial charge >= 0.3 is 11.9 Å². The second kappa shape index (κ2) is 15.0. The first-order chi connectivity index (χ1) is 16.5. The number of aliphatic imine (C=N–C) groups is 1. The molecule has 1 rings (SSSR count). The van der Waals surface area contributed by atoms with Gasteiger partial charge in [-0.25, -0.2) is 4.79 Å². The van der Waals surface area contributed by atoms with Crippen LogP contribution in [0.25, 0.3) is 0 Å². The minimum Gasteiger partial charge on any atom is -0.481 e. The Morgan fingerprint density at radius 3 is 2.37 bits per heavy atom. The summed E-state index contributed by atoms with van der Waals surface area (Å²) in [4.78, 5) is 66.1. The lowest BCUT2D eigenvalue weighted by atomic mass is 10.1. The van der Waals surface area contributed by atoms with Crippen molar-refractivity contribution in [2.45, 2.75) is 62.7 Å². The summed E-state index contributed by atoms with van der Waals surface area (Å²) in [6.07, 6.45) is 2.69. The van der Waals surface area contributed by atoms with Gasteiger partial charge < -0.3 is 42.9 Å². The van der Waals surface area contributed by atoms with E-state index in [1.807, 2.05) is 6.26 Å². The number of thioether (sulfide) groups is 1. The van der Waals surface area contributed by atoms with E-state index in [1.54, 1.807) is 0 Å². The number of nitrogens with two attached hydrogens (primary N) is 3. The SMILES string of the molecule is CSCCC(NC(=O)C1CCCN1C(=O)C(CCCN=C(N)N)NC(=O)C(N)CC(=O)O)C(=O)O. The van der Waals surface area contributed by atoms with E-state index in [0.29, 0.717) is 25.0 Å². The van der Waals surface area contributed by atoms with Crippen molar-refractivity contribution in [3.05, 3.63) is 0 Å². The smallest absolute Gasteiger partial charge is 0.326 e. The van der Waals surface area contributed by atoms with Crippen molar-refractivity contribution in [1.82, 2.24) is 15.5 Å². The Morgan fingerprint density at radius 2 is 1.80 bits per heavy atom. The van der Waals surface area contributed by atoms with E-state index in [2.05, 4.69) is 15.6 Å². The number of likely N-dealkylation sites (tertiary alicyclic amines) is 1. The Bertz CT molecular complexity index is 807. The lowest BCUT2D eigenvalue weighted by Gasteiger charge is -2.30. The number of rotatable bonds is 15. The Balaban J connectivity index is 2.97. The van der Waals surface area contributed by atoms with Crippen LogP contribution in [0, 0.1) is 0 Å². The minimum absolute atomic E-state index is 0.109. The van der Waals surface area contributed by atoms with Gasteiger partial charge in [0.05, 0.1) is 12.5 Å². The Labute approximate surface area is 207 Å². The number of nitrogens with one attached hydrogen (secondary N) is 2. The molecule has 0 aromatic carbocycles. The zero-order valence-corrected chi connectivity index (χ0v) is 20.5. The molecule has 0 aliphatic carbocycles. The molecule has 198 valence electrons. The molecule has 15 heteroatoms. The predicted molar refractivity (Wildman–Crippen MR) is 129 cm³/mol. The fourth-order valence-corrected chi connectivity index (χ4v) is 4.06. The van der Waals surface area contributed by atoms with Gasteiger partial charge in [0.15, 0.2) is 5.96 Å². The van der Waals surface area contributed by atoms with Crippen molar-refractivity contribution < 1.29 is 34.2 Å². The summed E-state index contributed by atoms with van der Waals surface area (Å²) in [5.41, 5.74) is 16.2. The van der Waals surface area contributed by atoms with Crippen molar-refractivity contribution in [3.63, 3.8) is 0 Å². The van der Waals surface area contributed by atoms with Crippen LogP contribution in [0.5, 0.6) is 0 Å². The quantitative estimate of drug-likeness (QED) is 0.0688. The molecule has 0 bridgehead atoms. The molecule has 0 aromatic heterocycles. The standard InChI is InChI=1S/C20H35N7O7S/c1-35-9-6-13(19(33)34)26-17(31)14-5-3-8-27(14)18(32)12(4-2-7-24-20(22)23)25-16(30)11(21)10-15(28)29/h11-14H,2-10,21H2,1H3,(H,25,30)(H,26,31)(H,28,29)(H,33,34)(H4,22,23,24). The highest BCUT2D eigenvalue weighted by molar-refractivity contribution is 7.98. The molecule has 0 aromatic rings. The molecule has 14 nitrogen and oxygen atoms in total. The maximum Gasteiger partial charge on any atom is 0.326 e. The van der Waals surface area contributed by atoms with Crippen molar-refractivity contribution >= 4 is 47.4 Å². The van der Waals surface area contributed by atoms with Crippen LogP contribution >= 0.6 is 11.8 Å². The molecular weight excluding hydrogens is 482 g/mol. The molecule has 3 amide bonds. The van der Waals surface area contributed by atoms with Crippen LogP contribution in [0.1, 0.15) is 38.5 Å². The van der Waals surface area contributed by atoms with E-state index in [9.17, 15) is 29.1 Å². The van der Waals surface area contributed by atoms with Gasteiger partial charge in [-0.3, -0.25) is 24.2 Å². The fourth-order valence-electron chi connectivity index (χ4n) is 3.58. The van der Waals surface area contributed by atoms with Crippen LogP contribution in [0.3, 0.4) is 0 Å². The number of nitrogens with zero attached hydrogens (tertiary/aromatic N) is 2. The van der Waals surface area contributed by atoms with Gasteiger partial charge in [-0.1, -0.05) is 0 Å². The molecule has 1 aliphatic rings.